The van der Waals surface area contributed by atoms with Crippen LogP contribution in [0.2, 0.25) is 0 Å². The van der Waals surface area contributed by atoms with E-state index in [0.29, 0.717) is 28.7 Å². The third-order valence-electron chi connectivity index (χ3n) is 9.80. The zero-order chi connectivity index (χ0) is 28.1. The standard InChI is InChI=1S/C31H40N2O6/c1-17-24-13-21(31(24,3)4)14-25(17)32-29(36)28-27(18(2)35)26(16-34)39-33(28)15-19-8-7-9-20(12-19)22-10-5-6-11-23(22)30(37)38/h5-12,17-18,21,24-28,34-35H,13-16H2,1-4H3,(H,32,36)(H,37,38)/t17-,18-,21-,24+,25-,26-,27+,28-/m0/s1. The summed E-state index contributed by atoms with van der Waals surface area (Å²) < 4.78 is 0. The van der Waals surface area contributed by atoms with Crippen LogP contribution >= 0.6 is 0 Å². The van der Waals surface area contributed by atoms with Crippen molar-refractivity contribution in [2.75, 3.05) is 6.61 Å². The molecule has 0 radical (unpaired) electrons. The third-order valence-corrected chi connectivity index (χ3v) is 9.80. The average molecular weight is 537 g/mol. The monoisotopic (exact) mass is 536 g/mol. The minimum atomic E-state index is -1.00. The number of nitrogens with one attached hydrogen (secondary N) is 1. The Bertz CT molecular complexity index is 1230. The number of hydroxylamine groups is 2. The molecule has 1 heterocycles. The topological polar surface area (TPSA) is 119 Å². The van der Waals surface area contributed by atoms with Crippen molar-refractivity contribution in [3.05, 3.63) is 59.7 Å². The molecule has 1 amide bonds. The number of amides is 1. The molecular weight excluding hydrogens is 496 g/mol. The van der Waals surface area contributed by atoms with E-state index in [9.17, 15) is 24.9 Å². The summed E-state index contributed by atoms with van der Waals surface area (Å²) in [6, 6.07) is 13.6. The Kier molecular flexibility index (Phi) is 7.59. The number of hydrogen-bond donors (Lipinski definition) is 4. The van der Waals surface area contributed by atoms with Gasteiger partial charge in [-0.1, -0.05) is 57.2 Å². The van der Waals surface area contributed by atoms with Crippen LogP contribution in [-0.2, 0) is 16.2 Å². The van der Waals surface area contributed by atoms with Gasteiger partial charge in [-0.05, 0) is 71.8 Å². The molecule has 0 unspecified atom stereocenters. The predicted molar refractivity (Wildman–Crippen MR) is 146 cm³/mol. The van der Waals surface area contributed by atoms with Crippen LogP contribution < -0.4 is 5.32 Å². The van der Waals surface area contributed by atoms with Gasteiger partial charge in [0.1, 0.15) is 12.1 Å². The molecule has 8 atom stereocenters. The summed E-state index contributed by atoms with van der Waals surface area (Å²) in [7, 11) is 0. The molecule has 2 aromatic rings. The lowest BCUT2D eigenvalue weighted by atomic mass is 9.45. The smallest absolute Gasteiger partial charge is 0.336 e. The fraction of sp³-hybridized carbons (Fsp3) is 0.548. The number of benzene rings is 2. The van der Waals surface area contributed by atoms with Gasteiger partial charge in [0.25, 0.3) is 0 Å². The number of rotatable bonds is 8. The molecule has 4 aliphatic rings. The fourth-order valence-electron chi connectivity index (χ4n) is 7.42. The van der Waals surface area contributed by atoms with E-state index in [4.69, 9.17) is 4.84 Å². The van der Waals surface area contributed by atoms with Crippen LogP contribution in [0.1, 0.15) is 56.5 Å². The van der Waals surface area contributed by atoms with Gasteiger partial charge in [0.15, 0.2) is 0 Å². The Morgan fingerprint density at radius 1 is 1.15 bits per heavy atom. The maximum absolute atomic E-state index is 13.8. The number of carboxylic acid groups (broad SMARTS) is 1. The van der Waals surface area contributed by atoms with Gasteiger partial charge in [0.2, 0.25) is 5.91 Å². The quantitative estimate of drug-likeness (QED) is 0.406. The van der Waals surface area contributed by atoms with Gasteiger partial charge in [0, 0.05) is 12.0 Å². The molecule has 2 bridgehead atoms. The normalized spacial score (nSPS) is 32.3. The molecule has 0 spiro atoms. The highest BCUT2D eigenvalue weighted by Gasteiger charge is 2.57. The first-order valence-electron chi connectivity index (χ1n) is 14.0. The van der Waals surface area contributed by atoms with E-state index in [0.717, 1.165) is 17.5 Å². The second-order valence-electron chi connectivity index (χ2n) is 12.3. The van der Waals surface area contributed by atoms with Crippen LogP contribution in [0.3, 0.4) is 0 Å². The van der Waals surface area contributed by atoms with Crippen molar-refractivity contribution in [2.45, 2.75) is 71.4 Å². The number of carbonyl (C=O) groups excluding carboxylic acids is 1. The Hall–Kier alpha value is -2.78. The number of fused-ring (bicyclic) bond motifs is 2. The first kappa shape index (κ1) is 27.8. The molecule has 1 saturated heterocycles. The highest BCUT2D eigenvalue weighted by atomic mass is 16.7. The van der Waals surface area contributed by atoms with E-state index in [1.165, 1.54) is 6.42 Å². The summed E-state index contributed by atoms with van der Waals surface area (Å²) in [6.07, 6.45) is 0.571. The van der Waals surface area contributed by atoms with Crippen molar-refractivity contribution < 1.29 is 29.7 Å². The number of nitrogens with zero attached hydrogens (tertiary/aromatic N) is 1. The van der Waals surface area contributed by atoms with Crippen LogP contribution in [-0.4, -0.2) is 63.2 Å². The second-order valence-corrected chi connectivity index (χ2v) is 12.3. The third kappa shape index (κ3) is 4.99. The lowest BCUT2D eigenvalue weighted by Gasteiger charge is -2.62. The lowest BCUT2D eigenvalue weighted by Crippen LogP contribution is -2.62. The van der Waals surface area contributed by atoms with E-state index >= 15 is 0 Å². The number of hydrogen-bond acceptors (Lipinski definition) is 6. The largest absolute Gasteiger partial charge is 0.478 e. The number of aliphatic hydroxyl groups excluding tert-OH is 2. The molecule has 1 aliphatic heterocycles. The summed E-state index contributed by atoms with van der Waals surface area (Å²) in [6.45, 7) is 8.42. The minimum Gasteiger partial charge on any atom is -0.478 e. The van der Waals surface area contributed by atoms with Gasteiger partial charge in [0.05, 0.1) is 24.8 Å². The molecule has 2 aromatic carbocycles. The van der Waals surface area contributed by atoms with Gasteiger partial charge in [-0.25, -0.2) is 4.79 Å². The van der Waals surface area contributed by atoms with Gasteiger partial charge in [-0.3, -0.25) is 9.63 Å². The second kappa shape index (κ2) is 10.7. The average Bonchev–Trinajstić information content (AvgIpc) is 3.28. The van der Waals surface area contributed by atoms with Crippen LogP contribution in [0.4, 0.5) is 0 Å². The molecule has 6 rings (SSSR count). The summed E-state index contributed by atoms with van der Waals surface area (Å²) >= 11 is 0. The van der Waals surface area contributed by atoms with E-state index < -0.39 is 30.1 Å². The maximum Gasteiger partial charge on any atom is 0.336 e. The van der Waals surface area contributed by atoms with Gasteiger partial charge in [-0.15, -0.1) is 0 Å². The Morgan fingerprint density at radius 2 is 1.90 bits per heavy atom. The fourth-order valence-corrected chi connectivity index (χ4v) is 7.42. The Labute approximate surface area is 229 Å². The van der Waals surface area contributed by atoms with E-state index in [2.05, 4.69) is 26.1 Å². The molecule has 8 nitrogen and oxygen atoms in total. The highest BCUT2D eigenvalue weighted by Crippen LogP contribution is 2.61. The summed E-state index contributed by atoms with van der Waals surface area (Å²) in [5.74, 6) is -0.273. The molecule has 4 fully saturated rings. The zero-order valence-corrected chi connectivity index (χ0v) is 23.1. The first-order chi connectivity index (χ1) is 18.5. The van der Waals surface area contributed by atoms with Gasteiger partial charge < -0.3 is 20.6 Å². The number of aliphatic hydroxyl groups is 2. The molecule has 3 aliphatic carbocycles. The van der Waals surface area contributed by atoms with E-state index in [1.54, 1.807) is 36.3 Å². The van der Waals surface area contributed by atoms with Crippen molar-refractivity contribution in [2.24, 2.45) is 29.1 Å². The maximum atomic E-state index is 13.8. The number of aromatic carboxylic acids is 1. The SMILES string of the molecule is C[C@@H]1[C@@H](NC(=O)[C@@H]2[C@H]([C@H](C)O)[C@H](CO)ON2Cc2cccc(-c3ccccc3C(=O)O)c2)C[C@@H]2C[C@H]1C2(C)C. The van der Waals surface area contributed by atoms with Crippen molar-refractivity contribution in [1.29, 1.82) is 0 Å². The van der Waals surface area contributed by atoms with Crippen LogP contribution in [0.15, 0.2) is 48.5 Å². The van der Waals surface area contributed by atoms with Crippen molar-refractivity contribution in [3.63, 3.8) is 0 Å². The minimum absolute atomic E-state index is 0.0646. The summed E-state index contributed by atoms with van der Waals surface area (Å²) in [5.41, 5.74) is 2.68. The van der Waals surface area contributed by atoms with Crippen LogP contribution in [0, 0.1) is 29.1 Å². The molecule has 4 N–H and O–H groups in total. The predicted octanol–water partition coefficient (Wildman–Crippen LogP) is 3.71. The van der Waals surface area contributed by atoms with Crippen molar-refractivity contribution in [1.82, 2.24) is 10.4 Å². The molecule has 3 saturated carbocycles. The zero-order valence-electron chi connectivity index (χ0n) is 23.1. The Morgan fingerprint density at radius 3 is 2.54 bits per heavy atom. The number of carboxylic acids is 1. The number of carbonyl (C=O) groups is 2. The summed E-state index contributed by atoms with van der Waals surface area (Å²) in [4.78, 5) is 31.7. The summed E-state index contributed by atoms with van der Waals surface area (Å²) in [5, 5.41) is 35.2. The Balaban J connectivity index is 1.39. The van der Waals surface area contributed by atoms with Crippen LogP contribution in [0.5, 0.6) is 0 Å². The first-order valence-corrected chi connectivity index (χ1v) is 14.0. The van der Waals surface area contributed by atoms with Gasteiger partial charge >= 0.3 is 5.97 Å². The molecule has 210 valence electrons. The molecule has 0 aromatic heterocycles. The van der Waals surface area contributed by atoms with E-state index in [1.807, 2.05) is 24.3 Å². The highest BCUT2D eigenvalue weighted by molar-refractivity contribution is 5.96. The molecule has 8 heteroatoms. The molecular formula is C31H40N2O6. The van der Waals surface area contributed by atoms with Crippen molar-refractivity contribution >= 4 is 11.9 Å². The van der Waals surface area contributed by atoms with Gasteiger partial charge in [-0.2, -0.15) is 5.06 Å². The van der Waals surface area contributed by atoms with Crippen LogP contribution in [0.25, 0.3) is 11.1 Å². The lowest BCUT2D eigenvalue weighted by molar-refractivity contribution is -0.183. The molecule has 39 heavy (non-hydrogen) atoms. The van der Waals surface area contributed by atoms with Crippen molar-refractivity contribution in [3.8, 4) is 11.1 Å². The van der Waals surface area contributed by atoms with E-state index in [-0.39, 0.29) is 30.7 Å².